The number of hydrogen-bond donors (Lipinski definition) is 2. The Hall–Kier alpha value is -0.610. The van der Waals surface area contributed by atoms with Crippen LogP contribution in [-0.4, -0.2) is 48.2 Å². The van der Waals surface area contributed by atoms with E-state index in [4.69, 9.17) is 0 Å². The van der Waals surface area contributed by atoms with Gasteiger partial charge in [0.25, 0.3) is 5.91 Å². The van der Waals surface area contributed by atoms with E-state index >= 15 is 0 Å². The largest absolute Gasteiger partial charge is 0.383 e. The molecule has 0 aromatic heterocycles. The molecule has 0 spiro atoms. The maximum Gasteiger partial charge on any atom is 0.251 e. The van der Waals surface area contributed by atoms with E-state index in [0.717, 1.165) is 32.6 Å². The number of aliphatic hydroxyl groups excluding tert-OH is 1. The third kappa shape index (κ3) is 2.97. The van der Waals surface area contributed by atoms with Crippen molar-refractivity contribution in [1.29, 1.82) is 0 Å². The summed E-state index contributed by atoms with van der Waals surface area (Å²) in [7, 11) is 0. The van der Waals surface area contributed by atoms with Crippen molar-refractivity contribution in [2.75, 3.05) is 26.2 Å². The lowest BCUT2D eigenvalue weighted by Crippen LogP contribution is -2.49. The first-order valence-electron chi connectivity index (χ1n) is 4.93. The minimum Gasteiger partial charge on any atom is -0.383 e. The fraction of sp³-hybridized carbons (Fsp3) is 0.889. The van der Waals surface area contributed by atoms with Crippen molar-refractivity contribution >= 4 is 5.91 Å². The summed E-state index contributed by atoms with van der Waals surface area (Å²) in [5, 5.41) is 12.6. The molecule has 1 fully saturated rings. The first-order valence-corrected chi connectivity index (χ1v) is 4.93. The Kier molecular flexibility index (Phi) is 4.18. The average molecular weight is 186 g/mol. The molecule has 1 heterocycles. The number of carbonyl (C=O) groups excluding carboxylic acids is 1. The molecular formula is C9H18N2O2. The van der Waals surface area contributed by atoms with Crippen LogP contribution in [0.3, 0.4) is 0 Å². The Balaban J connectivity index is 2.36. The maximum atomic E-state index is 11.5. The fourth-order valence-corrected chi connectivity index (χ4v) is 1.49. The van der Waals surface area contributed by atoms with Crippen LogP contribution in [0.1, 0.15) is 19.8 Å². The lowest BCUT2D eigenvalue weighted by atomic mass is 10.2. The molecule has 1 unspecified atom stereocenters. The second-order valence-corrected chi connectivity index (χ2v) is 3.38. The number of carbonyl (C=O) groups is 1. The molecule has 0 aromatic carbocycles. The SMILES string of the molecule is CCCC(O)C(=O)N1CCNCC1. The van der Waals surface area contributed by atoms with Crippen molar-refractivity contribution < 1.29 is 9.90 Å². The van der Waals surface area contributed by atoms with Gasteiger partial charge < -0.3 is 15.3 Å². The van der Waals surface area contributed by atoms with E-state index in [1.165, 1.54) is 0 Å². The first-order chi connectivity index (χ1) is 6.25. The number of aliphatic hydroxyl groups is 1. The van der Waals surface area contributed by atoms with Gasteiger partial charge in [-0.15, -0.1) is 0 Å². The second kappa shape index (κ2) is 5.19. The Morgan fingerprint density at radius 3 is 2.69 bits per heavy atom. The molecular weight excluding hydrogens is 168 g/mol. The van der Waals surface area contributed by atoms with E-state index in [1.807, 2.05) is 6.92 Å². The lowest BCUT2D eigenvalue weighted by molar-refractivity contribution is -0.141. The highest BCUT2D eigenvalue weighted by molar-refractivity contribution is 5.80. The maximum absolute atomic E-state index is 11.5. The van der Waals surface area contributed by atoms with Crippen molar-refractivity contribution in [3.63, 3.8) is 0 Å². The molecule has 2 N–H and O–H groups in total. The zero-order chi connectivity index (χ0) is 9.68. The Morgan fingerprint density at radius 1 is 1.54 bits per heavy atom. The molecule has 4 nitrogen and oxygen atoms in total. The molecule has 1 saturated heterocycles. The van der Waals surface area contributed by atoms with Gasteiger partial charge in [0.2, 0.25) is 0 Å². The summed E-state index contributed by atoms with van der Waals surface area (Å²) in [5.74, 6) is -0.108. The molecule has 4 heteroatoms. The van der Waals surface area contributed by atoms with Crippen molar-refractivity contribution in [2.24, 2.45) is 0 Å². The molecule has 0 aromatic rings. The van der Waals surface area contributed by atoms with Gasteiger partial charge in [-0.3, -0.25) is 4.79 Å². The van der Waals surface area contributed by atoms with Gasteiger partial charge in [0.05, 0.1) is 0 Å². The van der Waals surface area contributed by atoms with Crippen LogP contribution in [0.4, 0.5) is 0 Å². The van der Waals surface area contributed by atoms with Crippen molar-refractivity contribution in [2.45, 2.75) is 25.9 Å². The van der Waals surface area contributed by atoms with Crippen LogP contribution in [0, 0.1) is 0 Å². The molecule has 0 aliphatic carbocycles. The van der Waals surface area contributed by atoms with Crippen molar-refractivity contribution in [1.82, 2.24) is 10.2 Å². The van der Waals surface area contributed by atoms with Crippen molar-refractivity contribution in [3.05, 3.63) is 0 Å². The third-order valence-corrected chi connectivity index (χ3v) is 2.28. The second-order valence-electron chi connectivity index (χ2n) is 3.38. The highest BCUT2D eigenvalue weighted by Gasteiger charge is 2.22. The number of piperazine rings is 1. The van der Waals surface area contributed by atoms with E-state index in [0.29, 0.717) is 6.42 Å². The van der Waals surface area contributed by atoms with Gasteiger partial charge in [-0.2, -0.15) is 0 Å². The summed E-state index contributed by atoms with van der Waals surface area (Å²) < 4.78 is 0. The van der Waals surface area contributed by atoms with Gasteiger partial charge >= 0.3 is 0 Å². The lowest BCUT2D eigenvalue weighted by Gasteiger charge is -2.29. The minimum absolute atomic E-state index is 0.108. The highest BCUT2D eigenvalue weighted by Crippen LogP contribution is 2.03. The molecule has 0 radical (unpaired) electrons. The van der Waals surface area contributed by atoms with Crippen LogP contribution in [0.2, 0.25) is 0 Å². The van der Waals surface area contributed by atoms with Crippen molar-refractivity contribution in [3.8, 4) is 0 Å². The van der Waals surface area contributed by atoms with Crippen LogP contribution in [-0.2, 0) is 4.79 Å². The quantitative estimate of drug-likeness (QED) is 0.629. The molecule has 1 rings (SSSR count). The number of rotatable bonds is 3. The predicted octanol–water partition coefficient (Wildman–Crippen LogP) is -0.421. The van der Waals surface area contributed by atoms with Crippen LogP contribution in [0.5, 0.6) is 0 Å². The van der Waals surface area contributed by atoms with E-state index < -0.39 is 6.10 Å². The monoisotopic (exact) mass is 186 g/mol. The fourth-order valence-electron chi connectivity index (χ4n) is 1.49. The van der Waals surface area contributed by atoms with Gasteiger partial charge in [-0.25, -0.2) is 0 Å². The summed E-state index contributed by atoms with van der Waals surface area (Å²) in [4.78, 5) is 13.3. The van der Waals surface area contributed by atoms with E-state index in [1.54, 1.807) is 4.90 Å². The van der Waals surface area contributed by atoms with Gasteiger partial charge in [-0.1, -0.05) is 13.3 Å². The van der Waals surface area contributed by atoms with Gasteiger partial charge in [0.1, 0.15) is 6.10 Å². The molecule has 0 saturated carbocycles. The third-order valence-electron chi connectivity index (χ3n) is 2.28. The van der Waals surface area contributed by atoms with Crippen LogP contribution in [0.25, 0.3) is 0 Å². The molecule has 1 aliphatic rings. The summed E-state index contributed by atoms with van der Waals surface area (Å²) in [6.07, 6.45) is 0.630. The summed E-state index contributed by atoms with van der Waals surface area (Å²) in [6, 6.07) is 0. The smallest absolute Gasteiger partial charge is 0.251 e. The molecule has 76 valence electrons. The summed E-state index contributed by atoms with van der Waals surface area (Å²) >= 11 is 0. The molecule has 1 amide bonds. The molecule has 1 aliphatic heterocycles. The normalized spacial score (nSPS) is 20.0. The molecule has 13 heavy (non-hydrogen) atoms. The summed E-state index contributed by atoms with van der Waals surface area (Å²) in [6.45, 7) is 5.09. The number of hydrogen-bond acceptors (Lipinski definition) is 3. The number of nitrogens with one attached hydrogen (secondary N) is 1. The van der Waals surface area contributed by atoms with Crippen LogP contribution < -0.4 is 5.32 Å². The van der Waals surface area contributed by atoms with Crippen LogP contribution >= 0.6 is 0 Å². The Bertz CT molecular complexity index is 167. The van der Waals surface area contributed by atoms with Gasteiger partial charge in [0, 0.05) is 26.2 Å². The number of nitrogens with zero attached hydrogens (tertiary/aromatic N) is 1. The minimum atomic E-state index is -0.789. The van der Waals surface area contributed by atoms with Crippen LogP contribution in [0.15, 0.2) is 0 Å². The average Bonchev–Trinajstić information content (AvgIpc) is 2.18. The molecule has 0 bridgehead atoms. The Labute approximate surface area is 78.9 Å². The first kappa shape index (κ1) is 10.5. The molecule has 1 atom stereocenters. The van der Waals surface area contributed by atoms with E-state index in [9.17, 15) is 9.90 Å². The summed E-state index contributed by atoms with van der Waals surface area (Å²) in [5.41, 5.74) is 0. The zero-order valence-corrected chi connectivity index (χ0v) is 8.12. The predicted molar refractivity (Wildman–Crippen MR) is 50.4 cm³/mol. The standard InChI is InChI=1S/C9H18N2O2/c1-2-3-8(12)9(13)11-6-4-10-5-7-11/h8,10,12H,2-7H2,1H3. The zero-order valence-electron chi connectivity index (χ0n) is 8.12. The highest BCUT2D eigenvalue weighted by atomic mass is 16.3. The number of amides is 1. The Morgan fingerprint density at radius 2 is 2.15 bits per heavy atom. The van der Waals surface area contributed by atoms with E-state index in [-0.39, 0.29) is 5.91 Å². The van der Waals surface area contributed by atoms with E-state index in [2.05, 4.69) is 5.32 Å². The topological polar surface area (TPSA) is 52.6 Å². The van der Waals surface area contributed by atoms with Gasteiger partial charge in [0.15, 0.2) is 0 Å². The van der Waals surface area contributed by atoms with Gasteiger partial charge in [-0.05, 0) is 6.42 Å².